The summed E-state index contributed by atoms with van der Waals surface area (Å²) in [6, 6.07) is 19.1. The lowest BCUT2D eigenvalue weighted by Gasteiger charge is -2.32. The molecule has 0 bridgehead atoms. The number of rotatable bonds is 2. The Morgan fingerprint density at radius 2 is 1.66 bits per heavy atom. The summed E-state index contributed by atoms with van der Waals surface area (Å²) >= 11 is 12.7. The van der Waals surface area contributed by atoms with E-state index in [0.29, 0.717) is 27.4 Å². The van der Waals surface area contributed by atoms with E-state index in [0.717, 1.165) is 5.56 Å². The first-order valence-electron chi connectivity index (χ1n) is 12.5. The minimum absolute atomic E-state index is 0.00167. The largest absolute Gasteiger partial charge is 0.296 e. The van der Waals surface area contributed by atoms with Crippen molar-refractivity contribution in [1.82, 2.24) is 14.9 Å². The zero-order chi connectivity index (χ0) is 26.5. The van der Waals surface area contributed by atoms with Crippen LogP contribution in [0.3, 0.4) is 0 Å². The number of amides is 2. The van der Waals surface area contributed by atoms with Gasteiger partial charge in [0.05, 0.1) is 39.1 Å². The third kappa shape index (κ3) is 2.84. The van der Waals surface area contributed by atoms with E-state index in [4.69, 9.17) is 28.2 Å². The van der Waals surface area contributed by atoms with Gasteiger partial charge in [0.2, 0.25) is 11.8 Å². The molecule has 0 unspecified atom stereocenters. The summed E-state index contributed by atoms with van der Waals surface area (Å²) in [4.78, 5) is 48.5. The summed E-state index contributed by atoms with van der Waals surface area (Å²) in [5, 5.41) is 4.79. The molecule has 0 saturated carbocycles. The lowest BCUT2D eigenvalue weighted by molar-refractivity contribution is -0.123. The Morgan fingerprint density at radius 1 is 0.921 bits per heavy atom. The number of nitrogens with one attached hydrogen (secondary N) is 1. The summed E-state index contributed by atoms with van der Waals surface area (Å²) in [5.74, 6) is -1.86. The smallest absolute Gasteiger partial charge is 0.266 e. The molecule has 0 aliphatic carbocycles. The Balaban J connectivity index is 1.54. The average Bonchev–Trinajstić information content (AvgIpc) is 3.50. The molecule has 4 aromatic rings. The van der Waals surface area contributed by atoms with Gasteiger partial charge in [-0.25, -0.2) is 9.88 Å². The van der Waals surface area contributed by atoms with Gasteiger partial charge in [0.1, 0.15) is 11.4 Å². The number of halogens is 2. The summed E-state index contributed by atoms with van der Waals surface area (Å²) in [6.07, 6.45) is 0. The van der Waals surface area contributed by atoms with Crippen LogP contribution in [-0.4, -0.2) is 27.4 Å². The number of hydrogen-bond acceptors (Lipinski definition) is 5. The lowest BCUT2D eigenvalue weighted by Crippen LogP contribution is -2.51. The normalized spacial score (nSPS) is 25.5. The topological polar surface area (TPSA) is 84.3 Å². The van der Waals surface area contributed by atoms with Gasteiger partial charge in [0.25, 0.3) is 5.56 Å². The first-order chi connectivity index (χ1) is 18.3. The number of anilines is 1. The fourth-order valence-electron chi connectivity index (χ4n) is 6.62. The number of imide groups is 1. The third-order valence-corrected chi connectivity index (χ3v) is 8.72. The molecule has 4 heterocycles. The summed E-state index contributed by atoms with van der Waals surface area (Å²) in [5.41, 5.74) is 0.795. The SMILES string of the molecule is CC(C)[C@@H]1N[C@]2(c3ccccc3-n3c2nc2ccccc2c3=O)[C@H]2C(=O)N(c3cc(Cl)ccc3Cl)C(=O)[C@@H]12. The summed E-state index contributed by atoms with van der Waals surface area (Å²) in [6.45, 7) is 4.03. The van der Waals surface area contributed by atoms with Crippen molar-refractivity contribution in [2.45, 2.75) is 25.4 Å². The van der Waals surface area contributed by atoms with Gasteiger partial charge < -0.3 is 0 Å². The van der Waals surface area contributed by atoms with E-state index in [1.807, 2.05) is 44.2 Å². The van der Waals surface area contributed by atoms with Crippen molar-refractivity contribution in [3.63, 3.8) is 0 Å². The molecule has 2 saturated heterocycles. The first-order valence-corrected chi connectivity index (χ1v) is 13.2. The molecule has 3 aliphatic heterocycles. The van der Waals surface area contributed by atoms with Crippen LogP contribution in [0.1, 0.15) is 25.2 Å². The van der Waals surface area contributed by atoms with Crippen molar-refractivity contribution in [2.24, 2.45) is 17.8 Å². The van der Waals surface area contributed by atoms with Crippen LogP contribution in [0.4, 0.5) is 5.69 Å². The second kappa shape index (κ2) is 7.99. The molecule has 7 nitrogen and oxygen atoms in total. The maximum absolute atomic E-state index is 14.4. The molecule has 1 spiro atoms. The number of carbonyl (C=O) groups excluding carboxylic acids is 2. The fourth-order valence-corrected chi connectivity index (χ4v) is 6.99. The van der Waals surface area contributed by atoms with Crippen LogP contribution in [0, 0.1) is 17.8 Å². The van der Waals surface area contributed by atoms with E-state index in [1.54, 1.807) is 34.9 Å². The predicted octanol–water partition coefficient (Wildman–Crippen LogP) is 4.68. The Labute approximate surface area is 228 Å². The van der Waals surface area contributed by atoms with Gasteiger partial charge in [0.15, 0.2) is 0 Å². The second-order valence-electron chi connectivity index (χ2n) is 10.4. The molecular formula is C29H22Cl2N4O3. The standard InChI is InChI=1S/C29H22Cl2N4O3/c1-14(2)24-22-23(27(38)34(26(22)37)21-13-15(30)11-12-18(21)31)29(33-24)17-8-4-6-10-20(17)35-25(36)16-7-3-5-9-19(16)32-28(29)35/h3-14,22-24,33H,1-2H3/t22-,23-,24+,29-/m1/s1. The molecule has 1 aromatic heterocycles. The molecule has 38 heavy (non-hydrogen) atoms. The van der Waals surface area contributed by atoms with Crippen LogP contribution in [0.25, 0.3) is 16.6 Å². The van der Waals surface area contributed by atoms with Crippen LogP contribution in [-0.2, 0) is 15.1 Å². The van der Waals surface area contributed by atoms with Gasteiger partial charge in [-0.15, -0.1) is 0 Å². The van der Waals surface area contributed by atoms with Crippen LogP contribution < -0.4 is 15.8 Å². The molecule has 190 valence electrons. The number of hydrogen-bond donors (Lipinski definition) is 1. The van der Waals surface area contributed by atoms with E-state index in [2.05, 4.69) is 5.32 Å². The molecule has 3 aromatic carbocycles. The number of carbonyl (C=O) groups is 2. The number of benzene rings is 3. The molecule has 2 fully saturated rings. The molecule has 7 rings (SSSR count). The monoisotopic (exact) mass is 544 g/mol. The van der Waals surface area contributed by atoms with Crippen molar-refractivity contribution in [2.75, 3.05) is 4.90 Å². The summed E-state index contributed by atoms with van der Waals surface area (Å²) < 4.78 is 1.59. The highest BCUT2D eigenvalue weighted by Crippen LogP contribution is 2.56. The Morgan fingerprint density at radius 3 is 2.45 bits per heavy atom. The van der Waals surface area contributed by atoms with E-state index >= 15 is 0 Å². The highest BCUT2D eigenvalue weighted by Gasteiger charge is 2.70. The highest BCUT2D eigenvalue weighted by molar-refractivity contribution is 6.38. The Bertz CT molecular complexity index is 1770. The van der Waals surface area contributed by atoms with Crippen LogP contribution in [0.5, 0.6) is 0 Å². The van der Waals surface area contributed by atoms with Crippen molar-refractivity contribution < 1.29 is 9.59 Å². The number of aromatic nitrogens is 2. The number of fused-ring (bicyclic) bond motifs is 8. The van der Waals surface area contributed by atoms with Crippen LogP contribution in [0.2, 0.25) is 10.0 Å². The quantitative estimate of drug-likeness (QED) is 0.370. The van der Waals surface area contributed by atoms with E-state index in [-0.39, 0.29) is 34.1 Å². The van der Waals surface area contributed by atoms with Crippen molar-refractivity contribution >= 4 is 51.6 Å². The number of nitrogens with zero attached hydrogens (tertiary/aromatic N) is 3. The van der Waals surface area contributed by atoms with Crippen LogP contribution in [0.15, 0.2) is 71.5 Å². The fraction of sp³-hybridized carbons (Fsp3) is 0.241. The lowest BCUT2D eigenvalue weighted by atomic mass is 9.75. The minimum Gasteiger partial charge on any atom is -0.296 e. The molecular weight excluding hydrogens is 523 g/mol. The average molecular weight is 545 g/mol. The molecule has 1 N–H and O–H groups in total. The highest BCUT2D eigenvalue weighted by atomic mass is 35.5. The van der Waals surface area contributed by atoms with Gasteiger partial charge in [-0.05, 0) is 42.3 Å². The first kappa shape index (κ1) is 23.6. The van der Waals surface area contributed by atoms with Crippen molar-refractivity contribution in [1.29, 1.82) is 0 Å². The molecule has 2 amide bonds. The molecule has 0 radical (unpaired) electrons. The van der Waals surface area contributed by atoms with E-state index < -0.39 is 23.3 Å². The minimum atomic E-state index is -1.19. The van der Waals surface area contributed by atoms with Gasteiger partial charge in [0, 0.05) is 16.6 Å². The van der Waals surface area contributed by atoms with Gasteiger partial charge in [-0.1, -0.05) is 67.4 Å². The molecule has 4 atom stereocenters. The van der Waals surface area contributed by atoms with Gasteiger partial charge in [-0.3, -0.25) is 24.3 Å². The maximum Gasteiger partial charge on any atom is 0.266 e. The van der Waals surface area contributed by atoms with Crippen molar-refractivity contribution in [3.05, 3.63) is 98.5 Å². The van der Waals surface area contributed by atoms with Gasteiger partial charge >= 0.3 is 0 Å². The van der Waals surface area contributed by atoms with Crippen molar-refractivity contribution in [3.8, 4) is 5.69 Å². The van der Waals surface area contributed by atoms with E-state index in [9.17, 15) is 14.4 Å². The summed E-state index contributed by atoms with van der Waals surface area (Å²) in [7, 11) is 0. The zero-order valence-electron chi connectivity index (χ0n) is 20.5. The van der Waals surface area contributed by atoms with E-state index in [1.165, 1.54) is 11.0 Å². The van der Waals surface area contributed by atoms with Crippen LogP contribution >= 0.6 is 23.2 Å². The predicted molar refractivity (Wildman–Crippen MR) is 146 cm³/mol. The van der Waals surface area contributed by atoms with Gasteiger partial charge in [-0.2, -0.15) is 0 Å². The number of para-hydroxylation sites is 2. The Hall–Kier alpha value is -3.52. The third-order valence-electron chi connectivity index (χ3n) is 8.16. The molecule has 9 heteroatoms. The Kier molecular flexibility index (Phi) is 4.96. The second-order valence-corrected chi connectivity index (χ2v) is 11.3. The molecule has 3 aliphatic rings. The zero-order valence-corrected chi connectivity index (χ0v) is 22.0. The maximum atomic E-state index is 14.4.